The molecule has 1 atom stereocenters. The van der Waals surface area contributed by atoms with Crippen molar-refractivity contribution in [1.82, 2.24) is 0 Å². The molecule has 1 aromatic heterocycles. The van der Waals surface area contributed by atoms with Crippen LogP contribution in [0.4, 0.5) is 0 Å². The first-order valence-corrected chi connectivity index (χ1v) is 6.78. The molecule has 0 radical (unpaired) electrons. The van der Waals surface area contributed by atoms with Crippen LogP contribution in [0.5, 0.6) is 0 Å². The molecule has 0 aliphatic rings. The Morgan fingerprint density at radius 2 is 2.13 bits per heavy atom. The molecule has 0 fully saturated rings. The number of hydrogen-bond acceptors (Lipinski definition) is 1. The smallest absolute Gasteiger partial charge is 0.0529 e. The van der Waals surface area contributed by atoms with Gasteiger partial charge in [-0.1, -0.05) is 51.8 Å². The number of benzene rings is 1. The van der Waals surface area contributed by atoms with E-state index in [4.69, 9.17) is 0 Å². The van der Waals surface area contributed by atoms with Crippen molar-refractivity contribution in [2.75, 3.05) is 0 Å². The van der Waals surface area contributed by atoms with Gasteiger partial charge in [0.1, 0.15) is 0 Å². The van der Waals surface area contributed by atoms with Crippen LogP contribution in [0.15, 0.2) is 41.8 Å². The molecule has 15 heavy (non-hydrogen) atoms. The van der Waals surface area contributed by atoms with Crippen molar-refractivity contribution in [1.29, 1.82) is 0 Å². The van der Waals surface area contributed by atoms with Gasteiger partial charge in [0.15, 0.2) is 0 Å². The maximum atomic E-state index is 3.74. The summed E-state index contributed by atoms with van der Waals surface area (Å²) in [5, 5.41) is 2.12. The molecule has 1 unspecified atom stereocenters. The molecule has 0 N–H and O–H groups in total. The highest BCUT2D eigenvalue weighted by molar-refractivity contribution is 9.09. The first-order valence-electron chi connectivity index (χ1n) is 4.99. The zero-order chi connectivity index (χ0) is 10.7. The van der Waals surface area contributed by atoms with Crippen molar-refractivity contribution in [3.63, 3.8) is 0 Å². The third-order valence-electron chi connectivity index (χ3n) is 2.35. The third kappa shape index (κ3) is 2.93. The first-order chi connectivity index (χ1) is 7.25. The quantitative estimate of drug-likeness (QED) is 0.713. The van der Waals surface area contributed by atoms with Gasteiger partial charge in [0.05, 0.1) is 4.83 Å². The molecular weight excluding hydrogens is 268 g/mol. The molecule has 0 aliphatic heterocycles. The van der Waals surface area contributed by atoms with Crippen molar-refractivity contribution in [3.05, 3.63) is 57.8 Å². The number of hydrogen-bond donors (Lipinski definition) is 0. The fraction of sp³-hybridized carbons (Fsp3) is 0.231. The van der Waals surface area contributed by atoms with Gasteiger partial charge in [-0.2, -0.15) is 0 Å². The molecule has 0 saturated carbocycles. The van der Waals surface area contributed by atoms with Gasteiger partial charge in [-0.25, -0.2) is 0 Å². The number of aryl methyl sites for hydroxylation is 1. The molecule has 1 aromatic carbocycles. The SMILES string of the molecule is Cc1cccc(CC(Br)c2cccs2)c1. The summed E-state index contributed by atoms with van der Waals surface area (Å²) in [6, 6.07) is 13.0. The molecule has 78 valence electrons. The lowest BCUT2D eigenvalue weighted by molar-refractivity contribution is 0.967. The lowest BCUT2D eigenvalue weighted by Gasteiger charge is -2.08. The summed E-state index contributed by atoms with van der Waals surface area (Å²) in [5.41, 5.74) is 2.73. The summed E-state index contributed by atoms with van der Waals surface area (Å²) >= 11 is 5.54. The van der Waals surface area contributed by atoms with Gasteiger partial charge in [-0.3, -0.25) is 0 Å². The molecule has 1 heterocycles. The lowest BCUT2D eigenvalue weighted by Crippen LogP contribution is -1.93. The van der Waals surface area contributed by atoms with Crippen molar-refractivity contribution in [2.24, 2.45) is 0 Å². The van der Waals surface area contributed by atoms with Crippen molar-refractivity contribution in [3.8, 4) is 0 Å². The lowest BCUT2D eigenvalue weighted by atomic mass is 10.1. The predicted octanol–water partition coefficient (Wildman–Crippen LogP) is 4.74. The summed E-state index contributed by atoms with van der Waals surface area (Å²) in [6.45, 7) is 2.14. The second kappa shape index (κ2) is 4.95. The Morgan fingerprint density at radius 1 is 1.27 bits per heavy atom. The highest BCUT2D eigenvalue weighted by Crippen LogP contribution is 2.30. The molecule has 0 spiro atoms. The summed E-state index contributed by atoms with van der Waals surface area (Å²) in [7, 11) is 0. The molecule has 0 aliphatic carbocycles. The minimum absolute atomic E-state index is 0.444. The van der Waals surface area contributed by atoms with E-state index in [9.17, 15) is 0 Å². The highest BCUT2D eigenvalue weighted by Gasteiger charge is 2.08. The molecule has 0 nitrogen and oxygen atoms in total. The van der Waals surface area contributed by atoms with Crippen molar-refractivity contribution >= 4 is 27.3 Å². The fourth-order valence-electron chi connectivity index (χ4n) is 1.62. The van der Waals surface area contributed by atoms with Crippen LogP contribution in [0.3, 0.4) is 0 Å². The predicted molar refractivity (Wildman–Crippen MR) is 70.9 cm³/mol. The maximum Gasteiger partial charge on any atom is 0.0529 e. The zero-order valence-electron chi connectivity index (χ0n) is 8.61. The van der Waals surface area contributed by atoms with Crippen LogP contribution in [0.25, 0.3) is 0 Å². The van der Waals surface area contributed by atoms with E-state index in [0.717, 1.165) is 6.42 Å². The van der Waals surface area contributed by atoms with E-state index in [1.54, 1.807) is 0 Å². The van der Waals surface area contributed by atoms with E-state index in [2.05, 4.69) is 64.6 Å². The second-order valence-electron chi connectivity index (χ2n) is 3.68. The number of thiophene rings is 1. The van der Waals surface area contributed by atoms with E-state index >= 15 is 0 Å². The Balaban J connectivity index is 2.09. The van der Waals surface area contributed by atoms with E-state index in [1.807, 2.05) is 11.3 Å². The van der Waals surface area contributed by atoms with Crippen molar-refractivity contribution < 1.29 is 0 Å². The fourth-order valence-corrected chi connectivity index (χ4v) is 3.17. The van der Waals surface area contributed by atoms with Crippen LogP contribution in [-0.4, -0.2) is 0 Å². The van der Waals surface area contributed by atoms with E-state index in [1.165, 1.54) is 16.0 Å². The maximum absolute atomic E-state index is 3.74. The normalized spacial score (nSPS) is 12.7. The monoisotopic (exact) mass is 280 g/mol. The van der Waals surface area contributed by atoms with Gasteiger partial charge in [0.25, 0.3) is 0 Å². The summed E-state index contributed by atoms with van der Waals surface area (Å²) in [6.07, 6.45) is 1.06. The van der Waals surface area contributed by atoms with Crippen LogP contribution in [-0.2, 0) is 6.42 Å². The summed E-state index contributed by atoms with van der Waals surface area (Å²) in [5.74, 6) is 0. The largest absolute Gasteiger partial charge is 0.148 e. The third-order valence-corrected chi connectivity index (χ3v) is 4.46. The summed E-state index contributed by atoms with van der Waals surface area (Å²) in [4.78, 5) is 1.84. The average molecular weight is 281 g/mol. The van der Waals surface area contributed by atoms with Crippen LogP contribution in [0.2, 0.25) is 0 Å². The molecule has 2 heteroatoms. The zero-order valence-corrected chi connectivity index (χ0v) is 11.0. The molecule has 0 bridgehead atoms. The van der Waals surface area contributed by atoms with Crippen molar-refractivity contribution in [2.45, 2.75) is 18.2 Å². The van der Waals surface area contributed by atoms with Gasteiger partial charge < -0.3 is 0 Å². The van der Waals surface area contributed by atoms with E-state index in [-0.39, 0.29) is 0 Å². The highest BCUT2D eigenvalue weighted by atomic mass is 79.9. The van der Waals surface area contributed by atoms with Gasteiger partial charge in [0, 0.05) is 4.88 Å². The van der Waals surface area contributed by atoms with Gasteiger partial charge >= 0.3 is 0 Å². The second-order valence-corrected chi connectivity index (χ2v) is 5.76. The minimum atomic E-state index is 0.444. The standard InChI is InChI=1S/C13H13BrS/c1-10-4-2-5-11(8-10)9-12(14)13-6-3-7-15-13/h2-8,12H,9H2,1H3. The van der Waals surface area contributed by atoms with Gasteiger partial charge in [-0.15, -0.1) is 11.3 Å². The molecule has 0 saturated heterocycles. The Bertz CT molecular complexity index is 420. The van der Waals surface area contributed by atoms with Crippen LogP contribution >= 0.6 is 27.3 Å². The van der Waals surface area contributed by atoms with Gasteiger partial charge in [0.2, 0.25) is 0 Å². The first kappa shape index (κ1) is 10.9. The molecule has 0 amide bonds. The Kier molecular flexibility index (Phi) is 3.60. The Morgan fingerprint density at radius 3 is 2.80 bits per heavy atom. The molecule has 2 aromatic rings. The minimum Gasteiger partial charge on any atom is -0.148 e. The molecular formula is C13H13BrS. The van der Waals surface area contributed by atoms with Crippen LogP contribution < -0.4 is 0 Å². The van der Waals surface area contributed by atoms with Crippen LogP contribution in [0.1, 0.15) is 20.8 Å². The Hall–Kier alpha value is -0.600. The number of halogens is 1. The topological polar surface area (TPSA) is 0 Å². The number of alkyl halides is 1. The van der Waals surface area contributed by atoms with Crippen LogP contribution in [0, 0.1) is 6.92 Å². The average Bonchev–Trinajstić information content (AvgIpc) is 2.70. The number of rotatable bonds is 3. The Labute approximate surface area is 103 Å². The molecule has 2 rings (SSSR count). The van der Waals surface area contributed by atoms with E-state index in [0.29, 0.717) is 4.83 Å². The van der Waals surface area contributed by atoms with E-state index < -0.39 is 0 Å². The van der Waals surface area contributed by atoms with Gasteiger partial charge in [-0.05, 0) is 30.4 Å². The summed E-state index contributed by atoms with van der Waals surface area (Å²) < 4.78 is 0.